The van der Waals surface area contributed by atoms with Gasteiger partial charge in [0.1, 0.15) is 0 Å². The molecule has 0 unspecified atom stereocenters. The molecule has 0 aromatic carbocycles. The third kappa shape index (κ3) is 3.21. The van der Waals surface area contributed by atoms with Crippen molar-refractivity contribution in [3.05, 3.63) is 32.1 Å². The summed E-state index contributed by atoms with van der Waals surface area (Å²) in [5.74, 6) is -1.03. The van der Waals surface area contributed by atoms with Crippen molar-refractivity contribution in [3.8, 4) is 11.9 Å². The zero-order chi connectivity index (χ0) is 13.9. The number of hydrogen-bond donors (Lipinski definition) is 1. The summed E-state index contributed by atoms with van der Waals surface area (Å²) in [6, 6.07) is 2.08. The first kappa shape index (κ1) is 13.5. The van der Waals surface area contributed by atoms with Gasteiger partial charge in [-0.25, -0.2) is 0 Å². The molecule has 0 radical (unpaired) electrons. The fourth-order valence-corrected chi connectivity index (χ4v) is 1.10. The van der Waals surface area contributed by atoms with E-state index in [1.807, 2.05) is 0 Å². The number of ether oxygens (including phenoxy) is 1. The number of nitrogens with zero attached hydrogens (tertiary/aromatic N) is 2. The van der Waals surface area contributed by atoms with E-state index in [2.05, 4.69) is 4.74 Å². The van der Waals surface area contributed by atoms with Crippen LogP contribution in [0, 0.1) is 21.4 Å². The van der Waals surface area contributed by atoms with Crippen molar-refractivity contribution in [1.82, 2.24) is 4.98 Å². The van der Waals surface area contributed by atoms with Crippen LogP contribution in [0.25, 0.3) is 0 Å². The fraction of sp³-hybridized carbons (Fsp3) is 0.250. The third-order valence-electron chi connectivity index (χ3n) is 1.75. The van der Waals surface area contributed by atoms with Gasteiger partial charge in [-0.15, -0.1) is 13.2 Å². The smallest absolute Gasteiger partial charge is 0.389 e. The predicted octanol–water partition coefficient (Wildman–Crippen LogP) is 1.25. The number of nitriles is 1. The normalized spacial score (nSPS) is 10.8. The average molecular weight is 263 g/mol. The number of rotatable bonds is 3. The Morgan fingerprint density at radius 2 is 2.17 bits per heavy atom. The van der Waals surface area contributed by atoms with Gasteiger partial charge in [0.15, 0.2) is 0 Å². The highest BCUT2D eigenvalue weighted by Gasteiger charge is 2.33. The molecule has 0 saturated carbocycles. The van der Waals surface area contributed by atoms with Crippen LogP contribution in [0.15, 0.2) is 10.9 Å². The van der Waals surface area contributed by atoms with E-state index in [-0.39, 0.29) is 0 Å². The lowest BCUT2D eigenvalue weighted by molar-refractivity contribution is -0.386. The van der Waals surface area contributed by atoms with Gasteiger partial charge in [-0.2, -0.15) is 5.26 Å². The molecule has 1 N–H and O–H groups in total. The lowest BCUT2D eigenvalue weighted by atomic mass is 10.2. The number of hydrogen-bond acceptors (Lipinski definition) is 5. The van der Waals surface area contributed by atoms with E-state index >= 15 is 0 Å². The topological polar surface area (TPSA) is 109 Å². The first-order valence-corrected chi connectivity index (χ1v) is 4.28. The molecule has 0 amide bonds. The summed E-state index contributed by atoms with van der Waals surface area (Å²) in [5.41, 5.74) is -2.74. The van der Waals surface area contributed by atoms with Crippen LogP contribution in [-0.2, 0) is 6.42 Å². The number of H-pyrrole nitrogens is 1. The van der Waals surface area contributed by atoms with Crippen molar-refractivity contribution < 1.29 is 22.8 Å². The van der Waals surface area contributed by atoms with E-state index in [0.717, 1.165) is 0 Å². The van der Waals surface area contributed by atoms with Crippen molar-refractivity contribution in [2.45, 2.75) is 12.8 Å². The largest absolute Gasteiger partial charge is 0.574 e. The number of nitrogens with one attached hydrogen (secondary N) is 1. The lowest BCUT2D eigenvalue weighted by Gasteiger charge is -2.10. The molecule has 1 aromatic heterocycles. The Labute approximate surface area is 96.6 Å². The Morgan fingerprint density at radius 3 is 2.61 bits per heavy atom. The van der Waals surface area contributed by atoms with Crippen LogP contribution in [0.4, 0.5) is 18.9 Å². The van der Waals surface area contributed by atoms with Crippen molar-refractivity contribution in [2.24, 2.45) is 0 Å². The zero-order valence-electron chi connectivity index (χ0n) is 8.45. The number of aromatic amines is 1. The highest BCUT2D eigenvalue weighted by Crippen LogP contribution is 2.25. The average Bonchev–Trinajstić information content (AvgIpc) is 2.19. The number of pyridine rings is 1. The number of halogens is 3. The van der Waals surface area contributed by atoms with Gasteiger partial charge in [-0.1, -0.05) is 0 Å². The molecule has 0 atom stereocenters. The van der Waals surface area contributed by atoms with Crippen LogP contribution in [-0.4, -0.2) is 16.3 Å². The Bertz CT molecular complexity index is 572. The summed E-state index contributed by atoms with van der Waals surface area (Å²) < 4.78 is 39.4. The van der Waals surface area contributed by atoms with E-state index in [1.54, 1.807) is 4.98 Å². The summed E-state index contributed by atoms with van der Waals surface area (Å²) in [6.07, 6.45) is -5.66. The molecule has 1 aromatic rings. The first-order chi connectivity index (χ1) is 8.24. The first-order valence-electron chi connectivity index (χ1n) is 4.28. The Balaban J connectivity index is 3.34. The van der Waals surface area contributed by atoms with E-state index in [0.29, 0.717) is 6.07 Å². The Morgan fingerprint density at radius 1 is 1.56 bits per heavy atom. The monoisotopic (exact) mass is 263 g/mol. The number of alkyl halides is 3. The summed E-state index contributed by atoms with van der Waals surface area (Å²) in [6.45, 7) is 0. The van der Waals surface area contributed by atoms with Crippen molar-refractivity contribution in [1.29, 1.82) is 5.26 Å². The van der Waals surface area contributed by atoms with Crippen LogP contribution < -0.4 is 10.3 Å². The van der Waals surface area contributed by atoms with Crippen LogP contribution in [0.5, 0.6) is 5.88 Å². The molecule has 0 aliphatic rings. The van der Waals surface area contributed by atoms with Gasteiger partial charge in [0.2, 0.25) is 5.88 Å². The van der Waals surface area contributed by atoms with E-state index in [1.165, 1.54) is 6.07 Å². The van der Waals surface area contributed by atoms with Gasteiger partial charge >= 0.3 is 17.6 Å². The molecule has 0 saturated heterocycles. The van der Waals surface area contributed by atoms with Crippen LogP contribution in [0.1, 0.15) is 5.56 Å². The lowest BCUT2D eigenvalue weighted by Crippen LogP contribution is -2.22. The summed E-state index contributed by atoms with van der Waals surface area (Å²) >= 11 is 0. The quantitative estimate of drug-likeness (QED) is 0.651. The van der Waals surface area contributed by atoms with Crippen molar-refractivity contribution >= 4 is 5.69 Å². The van der Waals surface area contributed by atoms with Gasteiger partial charge in [0, 0.05) is 11.6 Å². The van der Waals surface area contributed by atoms with Crippen LogP contribution >= 0.6 is 0 Å². The molecule has 1 heterocycles. The summed E-state index contributed by atoms with van der Waals surface area (Å²) in [7, 11) is 0. The minimum atomic E-state index is -5.08. The van der Waals surface area contributed by atoms with E-state index < -0.39 is 40.4 Å². The SMILES string of the molecule is N#CCc1cc([N+](=O)[O-])c(=O)[nH]c1OC(F)(F)F. The number of nitro groups is 1. The number of aromatic nitrogens is 1. The molecule has 1 rings (SSSR count). The Kier molecular flexibility index (Phi) is 3.55. The molecule has 0 aliphatic heterocycles. The van der Waals surface area contributed by atoms with Gasteiger partial charge in [-0.3, -0.25) is 19.9 Å². The zero-order valence-corrected chi connectivity index (χ0v) is 8.45. The maximum Gasteiger partial charge on any atom is 0.574 e. The molecular weight excluding hydrogens is 259 g/mol. The fourth-order valence-electron chi connectivity index (χ4n) is 1.10. The van der Waals surface area contributed by atoms with Gasteiger partial charge < -0.3 is 4.74 Å². The predicted molar refractivity (Wildman–Crippen MR) is 49.7 cm³/mol. The second kappa shape index (κ2) is 4.74. The van der Waals surface area contributed by atoms with Crippen LogP contribution in [0.3, 0.4) is 0 Å². The molecule has 0 fully saturated rings. The van der Waals surface area contributed by atoms with Gasteiger partial charge in [0.25, 0.3) is 0 Å². The summed E-state index contributed by atoms with van der Waals surface area (Å²) in [5, 5.41) is 18.8. The second-order valence-electron chi connectivity index (χ2n) is 2.98. The van der Waals surface area contributed by atoms with Crippen molar-refractivity contribution in [3.63, 3.8) is 0 Å². The van der Waals surface area contributed by atoms with E-state index in [4.69, 9.17) is 5.26 Å². The molecule has 7 nitrogen and oxygen atoms in total. The molecule has 96 valence electrons. The third-order valence-corrected chi connectivity index (χ3v) is 1.75. The molecule has 18 heavy (non-hydrogen) atoms. The maximum absolute atomic E-state index is 12.0. The molecular formula is C8H4F3N3O4. The standard InChI is InChI=1S/C8H4F3N3O4/c9-8(10,11)18-7-4(1-2-12)3-5(14(16)17)6(15)13-7/h3H,1H2,(H,13,15). The summed E-state index contributed by atoms with van der Waals surface area (Å²) in [4.78, 5) is 22.0. The molecule has 10 heteroatoms. The van der Waals surface area contributed by atoms with Crippen LogP contribution in [0.2, 0.25) is 0 Å². The minimum absolute atomic E-state index is 0.430. The molecule has 0 aliphatic carbocycles. The Hall–Kier alpha value is -2.57. The van der Waals surface area contributed by atoms with Gasteiger partial charge in [-0.05, 0) is 0 Å². The van der Waals surface area contributed by atoms with Gasteiger partial charge in [0.05, 0.1) is 17.4 Å². The molecule has 0 spiro atoms. The highest BCUT2D eigenvalue weighted by atomic mass is 19.4. The van der Waals surface area contributed by atoms with E-state index in [9.17, 15) is 28.1 Å². The minimum Gasteiger partial charge on any atom is -0.389 e. The highest BCUT2D eigenvalue weighted by molar-refractivity contribution is 5.39. The maximum atomic E-state index is 12.0. The second-order valence-corrected chi connectivity index (χ2v) is 2.98. The van der Waals surface area contributed by atoms with Crippen molar-refractivity contribution in [2.75, 3.05) is 0 Å². The molecule has 0 bridgehead atoms.